The molecule has 2 fully saturated rings. The minimum atomic E-state index is -5.08. The molecule has 16 aromatic rings. The Balaban J connectivity index is 0.000000148. The number of carboxylic acids is 1. The summed E-state index contributed by atoms with van der Waals surface area (Å²) in [4.78, 5) is 36.7. The zero-order valence-electron chi connectivity index (χ0n) is 76.6. The molecule has 0 unspecified atom stereocenters. The van der Waals surface area contributed by atoms with Crippen LogP contribution in [0.4, 0.5) is 59.7 Å². The first kappa shape index (κ1) is 97.5. The Morgan fingerprint density at radius 2 is 0.714 bits per heavy atom. The lowest BCUT2D eigenvalue weighted by Crippen LogP contribution is -2.45. The molecular formula is C94H105BrF3N25O10. The second-order valence-electron chi connectivity index (χ2n) is 31.6. The van der Waals surface area contributed by atoms with Crippen LogP contribution in [-0.4, -0.2) is 229 Å². The monoisotopic (exact) mass is 1880 g/mol. The lowest BCUT2D eigenvalue weighted by Gasteiger charge is -2.32. The molecule has 35 nitrogen and oxygen atoms in total. The van der Waals surface area contributed by atoms with E-state index in [1.165, 1.54) is 32.7 Å². The number of hydrogen-bond acceptors (Lipinski definition) is 34. The number of likely N-dealkylation sites (N-methyl/N-ethyl adjacent to an activating group) is 2. The third-order valence-corrected chi connectivity index (χ3v) is 21.9. The standard InChI is InChI=1S/C26H31N7O2.C20H19N5O2.C19H17N5O2.C13H13N5O.C7H15BrN2.C7H9NO.C2HF3O2/c1-17-15-20(24-18(2)31-35-19(24)3)16-23-25(17)28-26(30-29-23)27-21-5-7-22(8-6-21)34-14-13-33-11-9-32(4)10-12-33;1-11-9-14(18-12(2)25-27-13(18)3)10-17-19(11)22-20(24-23-17)21-15-5-7-16(26-4)8-6-15;1-10-8-13(17-11(2)24-26-12(17)3)9-16-18(10)21-19(23-22-16)20-14-4-6-15(25)7-5-14;1-6-4-9(11-7(2)18-19-8(11)3)5-10-12(6)15-13(14)17-16-10;1-9-4-6-10(3-2-8)7-5-9;1-9-7-4-2-6(8)3-5-7;3-2(4,5)1(6)7/h5-8,15-16H,9-14H2,1-4H3,(H,27,28,30);5-10H,1-4H3,(H,21,22,24);4-9,25H,1-3H3,(H,20,21,23);4-5H,1-3H3,(H2,14,15,17);2-7H2,1H3;2-5H,8H2,1H3;(H,6,7). The number of piperazine rings is 2. The van der Waals surface area contributed by atoms with Gasteiger partial charge in [0.2, 0.25) is 23.8 Å². The van der Waals surface area contributed by atoms with Crippen molar-refractivity contribution in [1.82, 2.24) is 101 Å². The van der Waals surface area contributed by atoms with Gasteiger partial charge in [-0.15, -0.1) is 40.8 Å². The van der Waals surface area contributed by atoms with Crippen LogP contribution in [0.1, 0.15) is 68.1 Å². The SMILES string of the molecule is CN1CCN(CCBr)CC1.COc1ccc(N)cc1.COc1ccc(Nc2nnc3cc(-c4c(C)noc4C)cc(C)c3n2)cc1.Cc1noc(C)c1-c1cc(C)c2nc(N)nnc2c1.Cc1noc(C)c1-c1cc(C)c2nc(Nc3ccc(O)cc3)nnc2c1.Cc1noc(C)c1-c1cc(C)c2nc(Nc3ccc(OCCN4CCN(C)CC4)cc3)nnc2c1.O=C(O)C(F)(F)F. The molecule has 694 valence electrons. The van der Waals surface area contributed by atoms with Crippen LogP contribution < -0.4 is 41.6 Å². The van der Waals surface area contributed by atoms with Crippen molar-refractivity contribution in [3.05, 3.63) is 214 Å². The molecule has 0 saturated carbocycles. The summed E-state index contributed by atoms with van der Waals surface area (Å²) in [5.74, 6) is 4.53. The maximum atomic E-state index is 10.6. The Kier molecular flexibility index (Phi) is 32.9. The number of nitrogens with zero attached hydrogens (tertiary/aromatic N) is 20. The van der Waals surface area contributed by atoms with Crippen molar-refractivity contribution in [2.45, 2.75) is 89.3 Å². The fourth-order valence-electron chi connectivity index (χ4n) is 14.6. The van der Waals surface area contributed by atoms with Crippen molar-refractivity contribution in [3.8, 4) is 67.5 Å². The number of rotatable bonds is 18. The summed E-state index contributed by atoms with van der Waals surface area (Å²) >= 11 is 3.44. The summed E-state index contributed by atoms with van der Waals surface area (Å²) in [6.07, 6.45) is -5.08. The molecule has 18 rings (SSSR count). The van der Waals surface area contributed by atoms with Crippen LogP contribution in [0.15, 0.2) is 164 Å². The maximum Gasteiger partial charge on any atom is 0.490 e. The van der Waals surface area contributed by atoms with E-state index in [1.807, 2.05) is 180 Å². The van der Waals surface area contributed by atoms with E-state index in [0.29, 0.717) is 35.5 Å². The van der Waals surface area contributed by atoms with Crippen LogP contribution in [0.3, 0.4) is 0 Å². The van der Waals surface area contributed by atoms with Gasteiger partial charge in [-0.3, -0.25) is 9.80 Å². The molecule has 2 aliphatic rings. The number of hydrogen-bond donors (Lipinski definition) is 7. The summed E-state index contributed by atoms with van der Waals surface area (Å²) < 4.78 is 68.8. The number of anilines is 8. The molecule has 0 aliphatic carbocycles. The zero-order valence-corrected chi connectivity index (χ0v) is 78.2. The normalized spacial score (nSPS) is 12.9. The summed E-state index contributed by atoms with van der Waals surface area (Å²) in [5.41, 5.74) is 35.6. The van der Waals surface area contributed by atoms with E-state index < -0.39 is 12.1 Å². The number of nitrogens with one attached hydrogen (secondary N) is 3. The van der Waals surface area contributed by atoms with Gasteiger partial charge in [-0.25, -0.2) is 24.7 Å². The highest BCUT2D eigenvalue weighted by molar-refractivity contribution is 9.09. The first-order valence-corrected chi connectivity index (χ1v) is 43.4. The first-order valence-electron chi connectivity index (χ1n) is 42.3. The van der Waals surface area contributed by atoms with Gasteiger partial charge in [-0.2, -0.15) is 13.2 Å². The first-order chi connectivity index (χ1) is 63.7. The van der Waals surface area contributed by atoms with Crippen LogP contribution in [-0.2, 0) is 4.79 Å². The molecule has 9 N–H and O–H groups in total. The minimum Gasteiger partial charge on any atom is -0.508 e. The summed E-state index contributed by atoms with van der Waals surface area (Å²) in [5, 5.41) is 76.8. The molecule has 0 atom stereocenters. The molecule has 8 aromatic carbocycles. The zero-order chi connectivity index (χ0) is 95.3. The topological polar surface area (TPSA) is 445 Å². The number of aryl methyl sites for hydroxylation is 12. The van der Waals surface area contributed by atoms with E-state index in [-0.39, 0.29) is 11.7 Å². The molecule has 0 spiro atoms. The molecular weight excluding hydrogens is 1780 g/mol. The largest absolute Gasteiger partial charge is 0.508 e. The average Bonchev–Trinajstić information content (AvgIpc) is 1.77. The van der Waals surface area contributed by atoms with E-state index in [9.17, 15) is 18.3 Å². The van der Waals surface area contributed by atoms with Gasteiger partial charge in [-0.05, 0) is 287 Å². The molecule has 0 bridgehead atoms. The van der Waals surface area contributed by atoms with Gasteiger partial charge < -0.3 is 79.7 Å². The smallest absolute Gasteiger partial charge is 0.490 e. The van der Waals surface area contributed by atoms with Crippen molar-refractivity contribution < 1.29 is 60.5 Å². The number of phenolic OH excluding ortho intramolecular Hbond substituents is 1. The molecule has 8 aromatic heterocycles. The van der Waals surface area contributed by atoms with Gasteiger partial charge in [0, 0.05) is 116 Å². The third-order valence-electron chi connectivity index (χ3n) is 21.5. The number of alkyl halides is 4. The molecule has 0 amide bonds. The fraction of sp³-hybridized carbons (Fsp3) is 0.309. The molecule has 2 aliphatic heterocycles. The van der Waals surface area contributed by atoms with E-state index in [4.69, 9.17) is 58.7 Å². The average molecular weight is 1880 g/mol. The number of aliphatic carboxylic acids is 1. The highest BCUT2D eigenvalue weighted by Gasteiger charge is 2.38. The van der Waals surface area contributed by atoms with Gasteiger partial charge in [0.25, 0.3) is 0 Å². The Morgan fingerprint density at radius 3 is 1.02 bits per heavy atom. The van der Waals surface area contributed by atoms with E-state index in [0.717, 1.165) is 224 Å². The maximum absolute atomic E-state index is 10.6. The lowest BCUT2D eigenvalue weighted by molar-refractivity contribution is -0.192. The number of fused-ring (bicyclic) bond motifs is 4. The van der Waals surface area contributed by atoms with Crippen LogP contribution >= 0.6 is 15.9 Å². The number of aromatic nitrogens is 16. The number of nitrogen functional groups attached to an aromatic ring is 2. The van der Waals surface area contributed by atoms with E-state index in [2.05, 4.69) is 154 Å². The van der Waals surface area contributed by atoms with Crippen molar-refractivity contribution in [2.75, 3.05) is 133 Å². The highest BCUT2D eigenvalue weighted by atomic mass is 79.9. The van der Waals surface area contributed by atoms with Gasteiger partial charge in [0.1, 0.15) is 74.7 Å². The molecule has 2 saturated heterocycles. The number of ether oxygens (including phenoxy) is 3. The van der Waals surface area contributed by atoms with E-state index >= 15 is 0 Å². The quantitative estimate of drug-likeness (QED) is 0.0238. The summed E-state index contributed by atoms with van der Waals surface area (Å²) in [6, 6.07) is 45.4. The molecule has 10 heterocycles. The van der Waals surface area contributed by atoms with Crippen LogP contribution in [0.5, 0.6) is 23.0 Å². The van der Waals surface area contributed by atoms with Crippen molar-refractivity contribution in [3.63, 3.8) is 0 Å². The number of aromatic hydroxyl groups is 1. The Bertz CT molecular complexity index is 6550. The Hall–Kier alpha value is -14.5. The molecule has 133 heavy (non-hydrogen) atoms. The molecule has 39 heteroatoms. The number of phenols is 1. The van der Waals surface area contributed by atoms with Crippen LogP contribution in [0, 0.1) is 83.1 Å². The Labute approximate surface area is 773 Å². The van der Waals surface area contributed by atoms with Gasteiger partial charge in [0.15, 0.2) is 0 Å². The van der Waals surface area contributed by atoms with Crippen molar-refractivity contribution in [1.29, 1.82) is 0 Å². The van der Waals surface area contributed by atoms with Gasteiger partial charge in [-0.1, -0.05) is 36.6 Å². The molecule has 0 radical (unpaired) electrons. The van der Waals surface area contributed by atoms with Gasteiger partial charge >= 0.3 is 12.1 Å². The second kappa shape index (κ2) is 44.9. The number of halogens is 4. The number of nitrogens with two attached hydrogens (primary N) is 2. The summed E-state index contributed by atoms with van der Waals surface area (Å²) in [6.45, 7) is 35.5. The van der Waals surface area contributed by atoms with E-state index in [1.54, 1.807) is 50.6 Å². The number of methoxy groups -OCH3 is 2. The lowest BCUT2D eigenvalue weighted by atomic mass is 10.0. The van der Waals surface area contributed by atoms with Crippen LogP contribution in [0.25, 0.3) is 88.6 Å². The number of carbonyl (C=O) groups is 1. The summed E-state index contributed by atoms with van der Waals surface area (Å²) in [7, 11) is 7.62. The number of benzene rings is 8. The van der Waals surface area contributed by atoms with Crippen LogP contribution in [0.2, 0.25) is 0 Å². The predicted octanol–water partition coefficient (Wildman–Crippen LogP) is 17.1. The van der Waals surface area contributed by atoms with Crippen molar-refractivity contribution in [2.24, 2.45) is 0 Å². The Morgan fingerprint density at radius 1 is 0.421 bits per heavy atom. The minimum absolute atomic E-state index is 0.181. The van der Waals surface area contributed by atoms with Crippen molar-refractivity contribution >= 4 is 113 Å². The van der Waals surface area contributed by atoms with Gasteiger partial charge in [0.05, 0.1) is 59.1 Å². The third kappa shape index (κ3) is 26.2. The fourth-order valence-corrected chi connectivity index (χ4v) is 15.1. The predicted molar refractivity (Wildman–Crippen MR) is 508 cm³/mol. The number of carboxylic acid groups (broad SMARTS) is 1. The second-order valence-corrected chi connectivity index (χ2v) is 32.4. The highest BCUT2D eigenvalue weighted by Crippen LogP contribution is 2.37.